The summed E-state index contributed by atoms with van der Waals surface area (Å²) in [6, 6.07) is 19.6. The van der Waals surface area contributed by atoms with Gasteiger partial charge in [0, 0.05) is 16.8 Å². The SMILES string of the molecule is COc1ccc(NC(=O)Cc2nc(-c3ccccc3)oc2C)cc1NC(=O)c1cccc(F)c1. The zero-order valence-corrected chi connectivity index (χ0v) is 18.6. The van der Waals surface area contributed by atoms with Gasteiger partial charge in [0.25, 0.3) is 5.91 Å². The summed E-state index contributed by atoms with van der Waals surface area (Å²) in [6.45, 7) is 1.76. The number of rotatable bonds is 7. The fraction of sp³-hybridized carbons (Fsp3) is 0.115. The first kappa shape index (κ1) is 22.7. The fourth-order valence-electron chi connectivity index (χ4n) is 3.36. The lowest BCUT2D eigenvalue weighted by Crippen LogP contribution is -2.16. The maximum Gasteiger partial charge on any atom is 0.255 e. The van der Waals surface area contributed by atoms with Gasteiger partial charge in [-0.25, -0.2) is 9.37 Å². The van der Waals surface area contributed by atoms with Gasteiger partial charge >= 0.3 is 0 Å². The third-order valence-corrected chi connectivity index (χ3v) is 5.06. The average molecular weight is 459 g/mol. The number of aryl methyl sites for hydroxylation is 1. The van der Waals surface area contributed by atoms with Gasteiger partial charge < -0.3 is 19.8 Å². The molecule has 2 amide bonds. The van der Waals surface area contributed by atoms with Crippen LogP contribution in [0.1, 0.15) is 21.8 Å². The third-order valence-electron chi connectivity index (χ3n) is 5.06. The second-order valence-electron chi connectivity index (χ2n) is 7.49. The number of nitrogens with one attached hydrogen (secondary N) is 2. The van der Waals surface area contributed by atoms with Crippen molar-refractivity contribution in [3.05, 3.63) is 95.6 Å². The normalized spacial score (nSPS) is 10.6. The predicted octanol–water partition coefficient (Wildman–Crippen LogP) is 5.23. The number of amides is 2. The number of anilines is 2. The summed E-state index contributed by atoms with van der Waals surface area (Å²) in [7, 11) is 1.46. The zero-order valence-electron chi connectivity index (χ0n) is 18.6. The zero-order chi connectivity index (χ0) is 24.1. The predicted molar refractivity (Wildman–Crippen MR) is 126 cm³/mol. The molecular formula is C26H22FN3O4. The molecule has 4 aromatic rings. The quantitative estimate of drug-likeness (QED) is 0.395. The van der Waals surface area contributed by atoms with E-state index < -0.39 is 11.7 Å². The van der Waals surface area contributed by atoms with Crippen LogP contribution in [0.15, 0.2) is 77.2 Å². The van der Waals surface area contributed by atoms with Crippen molar-refractivity contribution in [1.82, 2.24) is 4.98 Å². The van der Waals surface area contributed by atoms with E-state index in [9.17, 15) is 14.0 Å². The summed E-state index contributed by atoms with van der Waals surface area (Å²) in [4.78, 5) is 29.7. The van der Waals surface area contributed by atoms with Crippen molar-refractivity contribution in [2.24, 2.45) is 0 Å². The van der Waals surface area contributed by atoms with E-state index >= 15 is 0 Å². The molecule has 0 aliphatic carbocycles. The van der Waals surface area contributed by atoms with Gasteiger partial charge in [-0.15, -0.1) is 0 Å². The molecule has 2 N–H and O–H groups in total. The van der Waals surface area contributed by atoms with E-state index in [1.54, 1.807) is 25.1 Å². The molecule has 1 heterocycles. The van der Waals surface area contributed by atoms with E-state index in [4.69, 9.17) is 9.15 Å². The first-order valence-corrected chi connectivity index (χ1v) is 10.5. The summed E-state index contributed by atoms with van der Waals surface area (Å²) in [5.41, 5.74) is 2.30. The molecule has 172 valence electrons. The first-order chi connectivity index (χ1) is 16.4. The van der Waals surface area contributed by atoms with Crippen LogP contribution in [0.2, 0.25) is 0 Å². The second kappa shape index (κ2) is 9.99. The Morgan fingerprint density at radius 3 is 2.53 bits per heavy atom. The molecule has 0 saturated heterocycles. The molecule has 1 aromatic heterocycles. The highest BCUT2D eigenvalue weighted by Gasteiger charge is 2.16. The molecule has 0 aliphatic rings. The van der Waals surface area contributed by atoms with E-state index in [-0.39, 0.29) is 17.9 Å². The lowest BCUT2D eigenvalue weighted by Gasteiger charge is -2.13. The maximum atomic E-state index is 13.5. The smallest absolute Gasteiger partial charge is 0.255 e. The topological polar surface area (TPSA) is 93.5 Å². The minimum Gasteiger partial charge on any atom is -0.495 e. The highest BCUT2D eigenvalue weighted by atomic mass is 19.1. The van der Waals surface area contributed by atoms with Crippen molar-refractivity contribution in [2.75, 3.05) is 17.7 Å². The maximum absolute atomic E-state index is 13.5. The largest absolute Gasteiger partial charge is 0.495 e. The van der Waals surface area contributed by atoms with Crippen LogP contribution in [0, 0.1) is 12.7 Å². The third kappa shape index (κ3) is 5.29. The van der Waals surface area contributed by atoms with Crippen LogP contribution >= 0.6 is 0 Å². The number of nitrogens with zero attached hydrogens (tertiary/aromatic N) is 1. The Balaban J connectivity index is 1.47. The van der Waals surface area contributed by atoms with Crippen LogP contribution in [0.4, 0.5) is 15.8 Å². The molecule has 7 nitrogen and oxygen atoms in total. The van der Waals surface area contributed by atoms with Crippen LogP contribution < -0.4 is 15.4 Å². The Bertz CT molecular complexity index is 1340. The second-order valence-corrected chi connectivity index (χ2v) is 7.49. The number of carbonyl (C=O) groups excluding carboxylic acids is 2. The lowest BCUT2D eigenvalue weighted by molar-refractivity contribution is -0.115. The Kier molecular flexibility index (Phi) is 6.68. The van der Waals surface area contributed by atoms with E-state index in [1.807, 2.05) is 30.3 Å². The Labute approximate surface area is 195 Å². The van der Waals surface area contributed by atoms with Crippen molar-refractivity contribution in [2.45, 2.75) is 13.3 Å². The monoisotopic (exact) mass is 459 g/mol. The van der Waals surface area contributed by atoms with Crippen LogP contribution in [0.3, 0.4) is 0 Å². The molecule has 0 spiro atoms. The summed E-state index contributed by atoms with van der Waals surface area (Å²) < 4.78 is 24.5. The first-order valence-electron chi connectivity index (χ1n) is 10.5. The van der Waals surface area contributed by atoms with E-state index in [0.29, 0.717) is 34.5 Å². The standard InChI is InChI=1S/C26H22FN3O4/c1-16-21(30-26(34-16)17-7-4-3-5-8-17)15-24(31)28-20-11-12-23(33-2)22(14-20)29-25(32)18-9-6-10-19(27)13-18/h3-14H,15H2,1-2H3,(H,28,31)(H,29,32). The molecular weight excluding hydrogens is 437 g/mol. The van der Waals surface area contributed by atoms with Crippen molar-refractivity contribution in [1.29, 1.82) is 0 Å². The number of methoxy groups -OCH3 is 1. The molecule has 0 bridgehead atoms. The van der Waals surface area contributed by atoms with Gasteiger partial charge in [0.05, 0.1) is 24.9 Å². The Hall–Kier alpha value is -4.46. The number of hydrogen-bond acceptors (Lipinski definition) is 5. The molecule has 0 atom stereocenters. The van der Waals surface area contributed by atoms with Gasteiger partial charge in [-0.2, -0.15) is 0 Å². The molecule has 0 radical (unpaired) electrons. The summed E-state index contributed by atoms with van der Waals surface area (Å²) >= 11 is 0. The molecule has 3 aromatic carbocycles. The number of aromatic nitrogens is 1. The number of halogens is 1. The molecule has 0 unspecified atom stereocenters. The minimum absolute atomic E-state index is 0.0131. The molecule has 4 rings (SSSR count). The van der Waals surface area contributed by atoms with Crippen LogP contribution in [-0.2, 0) is 11.2 Å². The highest BCUT2D eigenvalue weighted by molar-refractivity contribution is 6.05. The van der Waals surface area contributed by atoms with Crippen LogP contribution in [0.5, 0.6) is 5.75 Å². The van der Waals surface area contributed by atoms with E-state index in [1.165, 1.54) is 25.3 Å². The van der Waals surface area contributed by atoms with Gasteiger partial charge in [0.2, 0.25) is 11.8 Å². The number of hydrogen-bond donors (Lipinski definition) is 2. The van der Waals surface area contributed by atoms with Crippen molar-refractivity contribution >= 4 is 23.2 Å². The van der Waals surface area contributed by atoms with E-state index in [2.05, 4.69) is 15.6 Å². The van der Waals surface area contributed by atoms with Gasteiger partial charge in [0.1, 0.15) is 17.3 Å². The summed E-state index contributed by atoms with van der Waals surface area (Å²) in [6.07, 6.45) is 0.0131. The number of carbonyl (C=O) groups is 2. The Morgan fingerprint density at radius 1 is 1.00 bits per heavy atom. The van der Waals surface area contributed by atoms with Crippen LogP contribution in [-0.4, -0.2) is 23.9 Å². The molecule has 0 fully saturated rings. The highest BCUT2D eigenvalue weighted by Crippen LogP contribution is 2.29. The van der Waals surface area contributed by atoms with Gasteiger partial charge in [-0.05, 0) is 55.5 Å². The Morgan fingerprint density at radius 2 is 1.79 bits per heavy atom. The molecule has 34 heavy (non-hydrogen) atoms. The number of ether oxygens (including phenoxy) is 1. The molecule has 0 aliphatic heterocycles. The summed E-state index contributed by atoms with van der Waals surface area (Å²) in [5, 5.41) is 5.48. The molecule has 0 saturated carbocycles. The lowest BCUT2D eigenvalue weighted by atomic mass is 10.2. The van der Waals surface area contributed by atoms with Crippen molar-refractivity contribution in [3.8, 4) is 17.2 Å². The number of oxazole rings is 1. The van der Waals surface area contributed by atoms with Crippen molar-refractivity contribution in [3.63, 3.8) is 0 Å². The average Bonchev–Trinajstić information content (AvgIpc) is 3.19. The van der Waals surface area contributed by atoms with Crippen LogP contribution in [0.25, 0.3) is 11.5 Å². The van der Waals surface area contributed by atoms with E-state index in [0.717, 1.165) is 11.6 Å². The minimum atomic E-state index is -0.515. The van der Waals surface area contributed by atoms with Gasteiger partial charge in [0.15, 0.2) is 0 Å². The molecule has 8 heteroatoms. The van der Waals surface area contributed by atoms with Gasteiger partial charge in [-0.1, -0.05) is 24.3 Å². The number of benzene rings is 3. The van der Waals surface area contributed by atoms with Crippen molar-refractivity contribution < 1.29 is 23.1 Å². The fourth-order valence-corrected chi connectivity index (χ4v) is 3.36. The summed E-state index contributed by atoms with van der Waals surface area (Å²) in [5.74, 6) is 0.0813. The van der Waals surface area contributed by atoms with Gasteiger partial charge in [-0.3, -0.25) is 9.59 Å².